The maximum atomic E-state index is 14.4. The average molecular weight is 337 g/mol. The molecule has 4 nitrogen and oxygen atoms in total. The van der Waals surface area contributed by atoms with E-state index in [-0.39, 0.29) is 11.6 Å². The number of nitrogens with one attached hydrogen (secondary N) is 1. The zero-order valence-corrected chi connectivity index (χ0v) is 14.5. The van der Waals surface area contributed by atoms with Gasteiger partial charge in [0.25, 0.3) is 5.91 Å². The number of rotatable bonds is 4. The molecule has 0 aliphatic heterocycles. The Labute approximate surface area is 146 Å². The molecule has 3 rings (SSSR count). The van der Waals surface area contributed by atoms with E-state index in [2.05, 4.69) is 10.4 Å². The molecule has 25 heavy (non-hydrogen) atoms. The Hall–Kier alpha value is -2.95. The van der Waals surface area contributed by atoms with Gasteiger partial charge in [0.05, 0.1) is 17.4 Å². The van der Waals surface area contributed by atoms with Crippen LogP contribution in [0, 0.1) is 12.7 Å². The Balaban J connectivity index is 1.80. The number of carbonyl (C=O) groups is 1. The maximum Gasteiger partial charge on any atom is 0.258 e. The molecule has 1 amide bonds. The first-order valence-electron chi connectivity index (χ1n) is 8.16. The molecule has 0 radical (unpaired) electrons. The van der Waals surface area contributed by atoms with Gasteiger partial charge in [-0.15, -0.1) is 0 Å². The summed E-state index contributed by atoms with van der Waals surface area (Å²) in [5.41, 5.74) is 3.34. The van der Waals surface area contributed by atoms with Crippen LogP contribution in [0.3, 0.4) is 0 Å². The number of benzene rings is 2. The van der Waals surface area contributed by atoms with Crippen LogP contribution in [0.25, 0.3) is 11.1 Å². The van der Waals surface area contributed by atoms with Gasteiger partial charge in [-0.25, -0.2) is 4.39 Å². The van der Waals surface area contributed by atoms with Crippen LogP contribution >= 0.6 is 0 Å². The third kappa shape index (κ3) is 3.76. The quantitative estimate of drug-likeness (QED) is 0.741. The lowest BCUT2D eigenvalue weighted by Crippen LogP contribution is -2.13. The molecule has 0 atom stereocenters. The monoisotopic (exact) mass is 337 g/mol. The minimum atomic E-state index is -0.549. The summed E-state index contributed by atoms with van der Waals surface area (Å²) in [7, 11) is 0. The van der Waals surface area contributed by atoms with Gasteiger partial charge >= 0.3 is 0 Å². The van der Waals surface area contributed by atoms with Crippen LogP contribution in [0.5, 0.6) is 0 Å². The number of nitrogens with zero attached hydrogens (tertiary/aromatic N) is 2. The van der Waals surface area contributed by atoms with E-state index in [1.807, 2.05) is 45.0 Å². The SMILES string of the molecule is Cc1ccc(-c2ccc(C(=O)Nc3cnn(C(C)C)c3)c(F)c2)cc1. The number of halogens is 1. The van der Waals surface area contributed by atoms with Gasteiger partial charge in [-0.1, -0.05) is 35.9 Å². The molecule has 0 bridgehead atoms. The van der Waals surface area contributed by atoms with E-state index >= 15 is 0 Å². The molecule has 1 aromatic heterocycles. The van der Waals surface area contributed by atoms with Gasteiger partial charge < -0.3 is 5.32 Å². The summed E-state index contributed by atoms with van der Waals surface area (Å²) in [4.78, 5) is 12.3. The predicted molar refractivity (Wildman–Crippen MR) is 97.1 cm³/mol. The highest BCUT2D eigenvalue weighted by Crippen LogP contribution is 2.23. The molecular formula is C20H20FN3O. The Morgan fingerprint density at radius 2 is 1.80 bits per heavy atom. The number of aryl methyl sites for hydroxylation is 1. The van der Waals surface area contributed by atoms with Crippen molar-refractivity contribution in [1.29, 1.82) is 0 Å². The van der Waals surface area contributed by atoms with Gasteiger partial charge in [0.2, 0.25) is 0 Å². The summed E-state index contributed by atoms with van der Waals surface area (Å²) >= 11 is 0. The Morgan fingerprint density at radius 3 is 2.40 bits per heavy atom. The zero-order valence-electron chi connectivity index (χ0n) is 14.5. The first kappa shape index (κ1) is 16.9. The fraction of sp³-hybridized carbons (Fsp3) is 0.200. The third-order valence-electron chi connectivity index (χ3n) is 3.99. The van der Waals surface area contributed by atoms with Crippen molar-refractivity contribution in [1.82, 2.24) is 9.78 Å². The van der Waals surface area contributed by atoms with Crippen LogP contribution in [0.2, 0.25) is 0 Å². The van der Waals surface area contributed by atoms with E-state index in [0.29, 0.717) is 5.69 Å². The fourth-order valence-corrected chi connectivity index (χ4v) is 2.51. The molecule has 0 saturated carbocycles. The van der Waals surface area contributed by atoms with Gasteiger partial charge in [-0.3, -0.25) is 9.48 Å². The van der Waals surface area contributed by atoms with Crippen molar-refractivity contribution in [3.05, 3.63) is 71.8 Å². The Kier molecular flexibility index (Phi) is 4.65. The smallest absolute Gasteiger partial charge is 0.258 e. The van der Waals surface area contributed by atoms with Crippen LogP contribution in [0.15, 0.2) is 54.9 Å². The number of hydrogen-bond acceptors (Lipinski definition) is 2. The first-order chi connectivity index (χ1) is 11.9. The predicted octanol–water partition coefficient (Wildman–Crippen LogP) is 4.83. The summed E-state index contributed by atoms with van der Waals surface area (Å²) in [6, 6.07) is 12.6. The van der Waals surface area contributed by atoms with Crippen LogP contribution in [0.4, 0.5) is 10.1 Å². The summed E-state index contributed by atoms with van der Waals surface area (Å²) in [6.07, 6.45) is 3.28. The lowest BCUT2D eigenvalue weighted by Gasteiger charge is -2.07. The second-order valence-electron chi connectivity index (χ2n) is 6.32. The molecule has 3 aromatic rings. The molecule has 1 N–H and O–H groups in total. The van der Waals surface area contributed by atoms with Crippen molar-refractivity contribution < 1.29 is 9.18 Å². The van der Waals surface area contributed by atoms with Gasteiger partial charge in [0.15, 0.2) is 0 Å². The largest absolute Gasteiger partial charge is 0.319 e. The molecule has 128 valence electrons. The Bertz CT molecular complexity index is 898. The lowest BCUT2D eigenvalue weighted by atomic mass is 10.0. The molecule has 1 heterocycles. The standard InChI is InChI=1S/C20H20FN3O/c1-13(2)24-12-17(11-22-24)23-20(25)18-9-8-16(10-19(18)21)15-6-4-14(3)5-7-15/h4-13H,1-3H3,(H,23,25). The number of amides is 1. The molecule has 0 fully saturated rings. The van der Waals surface area contributed by atoms with E-state index in [0.717, 1.165) is 16.7 Å². The molecule has 2 aromatic carbocycles. The minimum absolute atomic E-state index is 0.00755. The van der Waals surface area contributed by atoms with Gasteiger partial charge in [0.1, 0.15) is 5.82 Å². The van der Waals surface area contributed by atoms with Gasteiger partial charge in [0, 0.05) is 12.2 Å². The highest BCUT2D eigenvalue weighted by atomic mass is 19.1. The molecule has 0 unspecified atom stereocenters. The number of carbonyl (C=O) groups excluding carboxylic acids is 1. The second kappa shape index (κ2) is 6.89. The van der Waals surface area contributed by atoms with Crippen LogP contribution in [-0.2, 0) is 0 Å². The fourth-order valence-electron chi connectivity index (χ4n) is 2.51. The molecule has 0 aliphatic carbocycles. The highest BCUT2D eigenvalue weighted by Gasteiger charge is 2.14. The normalized spacial score (nSPS) is 10.9. The van der Waals surface area contributed by atoms with E-state index in [4.69, 9.17) is 0 Å². The van der Waals surface area contributed by atoms with E-state index in [9.17, 15) is 9.18 Å². The minimum Gasteiger partial charge on any atom is -0.319 e. The lowest BCUT2D eigenvalue weighted by molar-refractivity contribution is 0.102. The second-order valence-corrected chi connectivity index (χ2v) is 6.32. The third-order valence-corrected chi connectivity index (χ3v) is 3.99. The Morgan fingerprint density at radius 1 is 1.12 bits per heavy atom. The van der Waals surface area contributed by atoms with Gasteiger partial charge in [-0.2, -0.15) is 5.10 Å². The molecular weight excluding hydrogens is 317 g/mol. The number of aromatic nitrogens is 2. The van der Waals surface area contributed by atoms with Crippen molar-refractivity contribution in [2.24, 2.45) is 0 Å². The maximum absolute atomic E-state index is 14.4. The highest BCUT2D eigenvalue weighted by molar-refractivity contribution is 6.04. The number of hydrogen-bond donors (Lipinski definition) is 1. The van der Waals surface area contributed by atoms with Crippen LogP contribution in [-0.4, -0.2) is 15.7 Å². The van der Waals surface area contributed by atoms with Crippen molar-refractivity contribution in [2.75, 3.05) is 5.32 Å². The van der Waals surface area contributed by atoms with E-state index in [1.165, 1.54) is 12.1 Å². The summed E-state index contributed by atoms with van der Waals surface area (Å²) in [5, 5.41) is 6.83. The first-order valence-corrected chi connectivity index (χ1v) is 8.16. The van der Waals surface area contributed by atoms with Crippen molar-refractivity contribution in [3.8, 4) is 11.1 Å². The van der Waals surface area contributed by atoms with Gasteiger partial charge in [-0.05, 0) is 44.0 Å². The van der Waals surface area contributed by atoms with E-state index < -0.39 is 11.7 Å². The topological polar surface area (TPSA) is 46.9 Å². The molecule has 0 spiro atoms. The molecule has 0 saturated heterocycles. The zero-order chi connectivity index (χ0) is 18.0. The summed E-state index contributed by atoms with van der Waals surface area (Å²) in [5.74, 6) is -1.04. The van der Waals surface area contributed by atoms with Crippen molar-refractivity contribution in [2.45, 2.75) is 26.8 Å². The van der Waals surface area contributed by atoms with Crippen molar-refractivity contribution >= 4 is 11.6 Å². The molecule has 5 heteroatoms. The van der Waals surface area contributed by atoms with E-state index in [1.54, 1.807) is 23.1 Å². The van der Waals surface area contributed by atoms with Crippen LogP contribution < -0.4 is 5.32 Å². The number of anilines is 1. The molecule has 0 aliphatic rings. The average Bonchev–Trinajstić information content (AvgIpc) is 3.04. The van der Waals surface area contributed by atoms with Crippen LogP contribution in [0.1, 0.15) is 35.8 Å². The summed E-state index contributed by atoms with van der Waals surface area (Å²) < 4.78 is 16.1. The summed E-state index contributed by atoms with van der Waals surface area (Å²) in [6.45, 7) is 5.98. The van der Waals surface area contributed by atoms with Crippen molar-refractivity contribution in [3.63, 3.8) is 0 Å².